The number of methoxy groups -OCH3 is 1. The molecule has 3 heterocycles. The molecule has 0 radical (unpaired) electrons. The quantitative estimate of drug-likeness (QED) is 0.0842. The van der Waals surface area contributed by atoms with E-state index in [0.717, 1.165) is 4.90 Å². The summed E-state index contributed by atoms with van der Waals surface area (Å²) in [6.45, 7) is 17.4. The molecule has 0 spiro atoms. The Labute approximate surface area is 441 Å². The van der Waals surface area contributed by atoms with E-state index in [0.29, 0.717) is 23.3 Å². The van der Waals surface area contributed by atoms with Crippen LogP contribution < -0.4 is 0 Å². The molecule has 0 aliphatic carbocycles. The molecule has 18 atom stereocenters. The SMILES string of the molecule is CC[C@@H]1OC(=O)[C@H](C)[C@H](O[C@H]2C[C@@](C)(OC)[C@@H](OC(=O)c3ccccc3)[C@H](C)O2)[C@H](C)[C@@H](O[C@@H]2O[C@H](C)C[C@H](N(C)C)[C@H]2OC(=O)c2ccccc2)[C@@](C)(O)C[C@@H](C)/C(=N/Sc2ccccc2)[C@@H](C)[C@@H](O)[C@]1(C)O. The molecule has 0 bridgehead atoms. The molecule has 16 nitrogen and oxygen atoms in total. The highest BCUT2D eigenvalue weighted by Gasteiger charge is 2.55. The molecule has 0 aromatic heterocycles. The number of carbonyl (C=O) groups is 3. The molecule has 3 aromatic carbocycles. The second-order valence-corrected chi connectivity index (χ2v) is 22.3. The Balaban J connectivity index is 1.47. The summed E-state index contributed by atoms with van der Waals surface area (Å²) in [6, 6.07) is 26.3. The first-order valence-electron chi connectivity index (χ1n) is 25.9. The first kappa shape index (κ1) is 59.0. The number of benzene rings is 3. The van der Waals surface area contributed by atoms with E-state index in [1.807, 2.05) is 63.2 Å². The third-order valence-corrected chi connectivity index (χ3v) is 16.1. The Kier molecular flexibility index (Phi) is 20.1. The molecular weight excluding hydrogens is 969 g/mol. The highest BCUT2D eigenvalue weighted by Crippen LogP contribution is 2.42. The lowest BCUT2D eigenvalue weighted by Gasteiger charge is -2.50. The van der Waals surface area contributed by atoms with Crippen LogP contribution in [-0.4, -0.2) is 149 Å². The van der Waals surface area contributed by atoms with Gasteiger partial charge in [0.2, 0.25) is 0 Å². The van der Waals surface area contributed by atoms with Crippen molar-refractivity contribution in [2.45, 2.75) is 184 Å². The van der Waals surface area contributed by atoms with Crippen molar-refractivity contribution in [3.63, 3.8) is 0 Å². The van der Waals surface area contributed by atoms with Gasteiger partial charge in [0.05, 0.1) is 59.2 Å². The van der Waals surface area contributed by atoms with Crippen molar-refractivity contribution in [3.8, 4) is 0 Å². The van der Waals surface area contributed by atoms with Crippen LogP contribution in [0.25, 0.3) is 0 Å². The van der Waals surface area contributed by atoms with Gasteiger partial charge in [-0.2, -0.15) is 0 Å². The number of cyclic esters (lactones) is 1. The molecule has 6 rings (SSSR count). The number of aliphatic hydroxyl groups is 3. The van der Waals surface area contributed by atoms with Crippen LogP contribution >= 0.6 is 11.9 Å². The Morgan fingerprint density at radius 2 is 1.34 bits per heavy atom. The van der Waals surface area contributed by atoms with Crippen molar-refractivity contribution >= 4 is 35.6 Å². The van der Waals surface area contributed by atoms with Crippen LogP contribution in [0, 0.1) is 23.7 Å². The van der Waals surface area contributed by atoms with E-state index in [4.69, 9.17) is 42.3 Å². The van der Waals surface area contributed by atoms with E-state index in [9.17, 15) is 29.7 Å². The van der Waals surface area contributed by atoms with Gasteiger partial charge in [0, 0.05) is 47.9 Å². The van der Waals surface area contributed by atoms with E-state index in [1.165, 1.54) is 26.0 Å². The average molecular weight is 1050 g/mol. The zero-order valence-electron chi connectivity index (χ0n) is 45.3. The number of ether oxygens (including phenoxy) is 8. The number of aliphatic hydroxyl groups excluding tert-OH is 1. The minimum Gasteiger partial charge on any atom is -0.459 e. The number of hydrogen-bond donors (Lipinski definition) is 3. The molecule has 3 aromatic rings. The fraction of sp³-hybridized carbons (Fsp3) is 0.614. The van der Waals surface area contributed by atoms with Gasteiger partial charge in [0.15, 0.2) is 24.8 Å². The normalized spacial score (nSPS) is 38.1. The number of carbonyl (C=O) groups excluding carboxylic acids is 3. The Morgan fingerprint density at radius 1 is 0.770 bits per heavy atom. The summed E-state index contributed by atoms with van der Waals surface area (Å²) in [4.78, 5) is 45.0. The number of likely N-dealkylation sites (N-methyl/N-ethyl adjacent to an activating group) is 1. The topological polar surface area (TPSA) is 201 Å². The first-order chi connectivity index (χ1) is 34.9. The molecule has 408 valence electrons. The van der Waals surface area contributed by atoms with E-state index in [2.05, 4.69) is 0 Å². The zero-order chi connectivity index (χ0) is 54.3. The van der Waals surface area contributed by atoms with E-state index < -0.39 is 120 Å². The average Bonchev–Trinajstić information content (AvgIpc) is 3.37. The van der Waals surface area contributed by atoms with E-state index >= 15 is 0 Å². The van der Waals surface area contributed by atoms with Crippen LogP contribution in [0.3, 0.4) is 0 Å². The molecule has 0 amide bonds. The van der Waals surface area contributed by atoms with Gasteiger partial charge in [-0.05, 0) is 117 Å². The summed E-state index contributed by atoms with van der Waals surface area (Å²) in [7, 11) is 5.29. The maximum Gasteiger partial charge on any atom is 0.338 e. The third kappa shape index (κ3) is 13.8. The minimum atomic E-state index is -1.97. The number of nitrogens with zero attached hydrogens (tertiary/aromatic N) is 2. The molecule has 3 saturated heterocycles. The molecule has 3 fully saturated rings. The molecule has 0 saturated carbocycles. The summed E-state index contributed by atoms with van der Waals surface area (Å²) in [5, 5.41) is 37.8. The predicted molar refractivity (Wildman–Crippen MR) is 280 cm³/mol. The lowest BCUT2D eigenvalue weighted by atomic mass is 9.73. The van der Waals surface area contributed by atoms with Crippen LogP contribution in [0.2, 0.25) is 0 Å². The van der Waals surface area contributed by atoms with Gasteiger partial charge in [-0.3, -0.25) is 4.79 Å². The van der Waals surface area contributed by atoms with E-state index in [1.54, 1.807) is 109 Å². The minimum absolute atomic E-state index is 0.0147. The molecule has 3 aliphatic rings. The summed E-state index contributed by atoms with van der Waals surface area (Å²) >= 11 is 1.20. The highest BCUT2D eigenvalue weighted by atomic mass is 32.2. The van der Waals surface area contributed by atoms with Gasteiger partial charge < -0.3 is 58.1 Å². The fourth-order valence-electron chi connectivity index (χ4n) is 11.0. The van der Waals surface area contributed by atoms with Gasteiger partial charge in [-0.1, -0.05) is 82.3 Å². The van der Waals surface area contributed by atoms with Crippen LogP contribution in [0.5, 0.6) is 0 Å². The third-order valence-electron chi connectivity index (χ3n) is 15.3. The van der Waals surface area contributed by atoms with Crippen LogP contribution in [-0.2, 0) is 42.7 Å². The second kappa shape index (κ2) is 25.3. The number of esters is 3. The summed E-state index contributed by atoms with van der Waals surface area (Å²) in [5.74, 6) is -5.35. The standard InChI is InChI=1S/C57H80N2O14S/c1-14-43-57(10,65)48(60)35(4)45(58-74-41-28-22-17-23-29-41)33(2)31-55(8,64)49(73-54-47(42(59(11)12)30-34(3)67-54)71-52(62)39-24-18-15-19-25-39)36(5)46(37(6)51(61)69-43)70-44-32-56(9,66-13)50(38(7)68-44)72-53(63)40-26-20-16-21-27-40/h15-29,33-38,42-44,46-50,54,60,64-65H,14,30-32H2,1-13H3/b58-45-/t33-,34-,35-,36+,37-,38+,42+,43+,44+,46-,47-,48-,49-,50+,54+,55+,56-,57-/m1/s1. The second-order valence-electron chi connectivity index (χ2n) is 21.5. The van der Waals surface area contributed by atoms with Gasteiger partial charge >= 0.3 is 17.9 Å². The van der Waals surface area contributed by atoms with Crippen molar-refractivity contribution in [2.75, 3.05) is 21.2 Å². The Bertz CT molecular complexity index is 2320. The van der Waals surface area contributed by atoms with Crippen molar-refractivity contribution in [1.29, 1.82) is 0 Å². The fourth-order valence-corrected chi connectivity index (χ4v) is 11.9. The van der Waals surface area contributed by atoms with Crippen molar-refractivity contribution in [1.82, 2.24) is 4.90 Å². The molecule has 17 heteroatoms. The van der Waals surface area contributed by atoms with Crippen molar-refractivity contribution in [3.05, 3.63) is 102 Å². The molecular formula is C57H80N2O14S. The Hall–Kier alpha value is -4.27. The first-order valence-corrected chi connectivity index (χ1v) is 26.7. The van der Waals surface area contributed by atoms with Gasteiger partial charge in [-0.15, -0.1) is 0 Å². The molecule has 3 N–H and O–H groups in total. The molecule has 0 unspecified atom stereocenters. The van der Waals surface area contributed by atoms with E-state index in [-0.39, 0.29) is 25.4 Å². The predicted octanol–water partition coefficient (Wildman–Crippen LogP) is 8.09. The van der Waals surface area contributed by atoms with Crippen LogP contribution in [0.4, 0.5) is 0 Å². The zero-order valence-corrected chi connectivity index (χ0v) is 46.1. The maximum atomic E-state index is 14.8. The van der Waals surface area contributed by atoms with Crippen molar-refractivity contribution < 1.29 is 67.6 Å². The maximum absolute atomic E-state index is 14.8. The number of rotatable bonds is 13. The van der Waals surface area contributed by atoms with Crippen LogP contribution in [0.15, 0.2) is 100 Å². The largest absolute Gasteiger partial charge is 0.459 e. The number of hydrogen-bond acceptors (Lipinski definition) is 17. The lowest BCUT2D eigenvalue weighted by molar-refractivity contribution is -0.317. The molecule has 3 aliphatic heterocycles. The van der Waals surface area contributed by atoms with Crippen molar-refractivity contribution in [2.24, 2.45) is 28.1 Å². The molecule has 74 heavy (non-hydrogen) atoms. The summed E-state index contributed by atoms with van der Waals surface area (Å²) < 4.78 is 57.2. The van der Waals surface area contributed by atoms with Gasteiger partial charge in [-0.25, -0.2) is 14.0 Å². The van der Waals surface area contributed by atoms with Crippen LogP contribution in [0.1, 0.15) is 116 Å². The summed E-state index contributed by atoms with van der Waals surface area (Å²) in [5.41, 5.74) is -3.79. The lowest BCUT2D eigenvalue weighted by Crippen LogP contribution is -2.62. The highest BCUT2D eigenvalue weighted by molar-refractivity contribution is 7.98. The monoisotopic (exact) mass is 1050 g/mol. The Morgan fingerprint density at radius 3 is 1.89 bits per heavy atom. The smallest absolute Gasteiger partial charge is 0.338 e. The van der Waals surface area contributed by atoms with Gasteiger partial charge in [0.1, 0.15) is 17.3 Å². The summed E-state index contributed by atoms with van der Waals surface area (Å²) in [6.07, 6.45) is -9.87. The van der Waals surface area contributed by atoms with Gasteiger partial charge in [0.25, 0.3) is 0 Å².